The minimum absolute atomic E-state index is 0.0721. The third kappa shape index (κ3) is 3.21. The molecule has 4 heterocycles. The predicted molar refractivity (Wildman–Crippen MR) is 105 cm³/mol. The lowest BCUT2D eigenvalue weighted by molar-refractivity contribution is 0.0956. The summed E-state index contributed by atoms with van der Waals surface area (Å²) >= 11 is 1.56. The summed E-state index contributed by atoms with van der Waals surface area (Å²) in [6, 6.07) is 11.3. The van der Waals surface area contributed by atoms with Crippen LogP contribution in [-0.2, 0) is 0 Å². The van der Waals surface area contributed by atoms with Gasteiger partial charge in [-0.05, 0) is 50.4 Å². The first-order valence-corrected chi connectivity index (χ1v) is 9.49. The van der Waals surface area contributed by atoms with Crippen LogP contribution in [-0.4, -0.2) is 26.7 Å². The van der Waals surface area contributed by atoms with E-state index in [1.807, 2.05) is 56.5 Å². The van der Waals surface area contributed by atoms with Crippen LogP contribution < -0.4 is 5.49 Å². The molecule has 4 rings (SSSR count). The zero-order valence-electron chi connectivity index (χ0n) is 15.2. The molecule has 0 radical (unpaired) electrons. The number of hydrogen-bond acceptors (Lipinski definition) is 6. The number of aryl methyl sites for hydroxylation is 1. The Hall–Kier alpha value is -3.06. The number of carbonyl (C=O) groups is 1. The first kappa shape index (κ1) is 17.4. The van der Waals surface area contributed by atoms with E-state index in [0.29, 0.717) is 33.5 Å². The Balaban J connectivity index is 1.96. The Morgan fingerprint density at radius 1 is 1.26 bits per heavy atom. The molecular weight excluding hydrogens is 360 g/mol. The van der Waals surface area contributed by atoms with E-state index in [4.69, 9.17) is 4.52 Å². The molecule has 0 atom stereocenters. The maximum atomic E-state index is 13.4. The molecule has 0 aliphatic carbocycles. The summed E-state index contributed by atoms with van der Waals surface area (Å²) in [6.07, 6.45) is 1.73. The van der Waals surface area contributed by atoms with Gasteiger partial charge in [-0.15, -0.1) is 11.3 Å². The quantitative estimate of drug-likeness (QED) is 0.539. The van der Waals surface area contributed by atoms with Gasteiger partial charge in [0.25, 0.3) is 11.6 Å². The molecule has 0 spiro atoms. The van der Waals surface area contributed by atoms with Gasteiger partial charge >= 0.3 is 0 Å². The summed E-state index contributed by atoms with van der Waals surface area (Å²) < 4.78 is 6.92. The van der Waals surface area contributed by atoms with Crippen molar-refractivity contribution < 1.29 is 9.32 Å². The number of hydrogen-bond donors (Lipinski definition) is 0. The fourth-order valence-electron chi connectivity index (χ4n) is 2.92. The van der Waals surface area contributed by atoms with Gasteiger partial charge in [-0.3, -0.25) is 14.4 Å². The van der Waals surface area contributed by atoms with Crippen molar-refractivity contribution in [3.8, 4) is 10.6 Å². The Morgan fingerprint density at radius 2 is 2.11 bits per heavy atom. The molecular formula is C20H18N4O2S. The second-order valence-corrected chi connectivity index (χ2v) is 7.39. The summed E-state index contributed by atoms with van der Waals surface area (Å²) in [6.45, 7) is 5.77. The van der Waals surface area contributed by atoms with E-state index in [1.54, 1.807) is 28.2 Å². The lowest BCUT2D eigenvalue weighted by Gasteiger charge is -2.09. The summed E-state index contributed by atoms with van der Waals surface area (Å²) in [5.41, 5.74) is 2.79. The monoisotopic (exact) mass is 378 g/mol. The van der Waals surface area contributed by atoms with Crippen LogP contribution in [0.1, 0.15) is 29.9 Å². The molecule has 0 aliphatic rings. The fraction of sp³-hybridized carbons (Fsp3) is 0.200. The fourth-order valence-corrected chi connectivity index (χ4v) is 3.61. The largest absolute Gasteiger partial charge is 0.335 e. The zero-order chi connectivity index (χ0) is 19.0. The van der Waals surface area contributed by atoms with Gasteiger partial charge < -0.3 is 4.52 Å². The second-order valence-electron chi connectivity index (χ2n) is 6.44. The molecule has 0 amide bonds. The van der Waals surface area contributed by atoms with E-state index in [1.165, 1.54) is 0 Å². The van der Waals surface area contributed by atoms with Crippen molar-refractivity contribution in [1.29, 1.82) is 0 Å². The molecule has 0 unspecified atom stereocenters. The van der Waals surface area contributed by atoms with Crippen LogP contribution in [0.3, 0.4) is 0 Å². The van der Waals surface area contributed by atoms with Crippen molar-refractivity contribution in [2.75, 3.05) is 0 Å². The number of thiophene rings is 1. The van der Waals surface area contributed by atoms with Crippen molar-refractivity contribution in [3.05, 3.63) is 64.7 Å². The molecule has 27 heavy (non-hydrogen) atoms. The Bertz CT molecular complexity index is 1190. The Morgan fingerprint density at radius 3 is 2.85 bits per heavy atom. The van der Waals surface area contributed by atoms with Crippen molar-refractivity contribution in [3.63, 3.8) is 0 Å². The van der Waals surface area contributed by atoms with E-state index in [9.17, 15) is 4.79 Å². The molecule has 0 fully saturated rings. The van der Waals surface area contributed by atoms with E-state index < -0.39 is 0 Å². The number of fused-ring (bicyclic) bond motifs is 1. The molecule has 0 aromatic carbocycles. The summed E-state index contributed by atoms with van der Waals surface area (Å²) in [5, 5.41) is 6.61. The van der Waals surface area contributed by atoms with Crippen LogP contribution in [0.5, 0.6) is 0 Å². The van der Waals surface area contributed by atoms with Crippen LogP contribution >= 0.6 is 11.3 Å². The number of carbonyl (C=O) groups excluding carboxylic acids is 1. The molecule has 0 aliphatic heterocycles. The molecule has 0 N–H and O–H groups in total. The molecule has 136 valence electrons. The maximum Gasteiger partial charge on any atom is 0.264 e. The van der Waals surface area contributed by atoms with E-state index in [-0.39, 0.29) is 11.9 Å². The third-order valence-electron chi connectivity index (χ3n) is 4.07. The van der Waals surface area contributed by atoms with E-state index >= 15 is 0 Å². The van der Waals surface area contributed by atoms with Gasteiger partial charge in [-0.2, -0.15) is 0 Å². The molecule has 6 nitrogen and oxygen atoms in total. The topological polar surface area (TPSA) is 73.3 Å². The first-order valence-electron chi connectivity index (χ1n) is 8.61. The van der Waals surface area contributed by atoms with Gasteiger partial charge in [0.2, 0.25) is 0 Å². The minimum atomic E-state index is -0.188. The molecule has 0 saturated carbocycles. The highest BCUT2D eigenvalue weighted by molar-refractivity contribution is 7.13. The van der Waals surface area contributed by atoms with Crippen molar-refractivity contribution >= 4 is 28.3 Å². The highest BCUT2D eigenvalue weighted by Crippen LogP contribution is 2.29. The van der Waals surface area contributed by atoms with Crippen LogP contribution in [0.25, 0.3) is 21.7 Å². The predicted octanol–water partition coefficient (Wildman–Crippen LogP) is 4.06. The number of nitrogens with zero attached hydrogens (tertiary/aromatic N) is 4. The first-order chi connectivity index (χ1) is 13.0. The lowest BCUT2D eigenvalue weighted by Crippen LogP contribution is -2.28. The highest BCUT2D eigenvalue weighted by Gasteiger charge is 2.21. The number of rotatable bonds is 3. The van der Waals surface area contributed by atoms with Gasteiger partial charge in [0.05, 0.1) is 27.2 Å². The van der Waals surface area contributed by atoms with Crippen LogP contribution in [0, 0.1) is 6.92 Å². The average Bonchev–Trinajstić information content (AvgIpc) is 3.31. The van der Waals surface area contributed by atoms with Crippen molar-refractivity contribution in [1.82, 2.24) is 14.7 Å². The Labute approximate surface area is 159 Å². The minimum Gasteiger partial charge on any atom is -0.335 e. The van der Waals surface area contributed by atoms with Crippen LogP contribution in [0.15, 0.2) is 57.5 Å². The molecule has 0 bridgehead atoms. The molecule has 4 aromatic heterocycles. The Kier molecular flexibility index (Phi) is 4.45. The van der Waals surface area contributed by atoms with Gasteiger partial charge in [-0.1, -0.05) is 17.3 Å². The van der Waals surface area contributed by atoms with Crippen molar-refractivity contribution in [2.45, 2.75) is 26.8 Å². The van der Waals surface area contributed by atoms with E-state index in [0.717, 1.165) is 4.88 Å². The van der Waals surface area contributed by atoms with Gasteiger partial charge in [0.1, 0.15) is 5.49 Å². The van der Waals surface area contributed by atoms with Crippen LogP contribution in [0.2, 0.25) is 0 Å². The zero-order valence-corrected chi connectivity index (χ0v) is 16.0. The standard InChI is InChI=1S/C20H18N4O2S/c1-12(2)21-17-8-4-5-9-24(17)20(25)14-11-15(16-7-6-10-27-16)22-19-18(14)13(3)23-26-19/h4-12H,1-3H3. The van der Waals surface area contributed by atoms with Crippen LogP contribution in [0.4, 0.5) is 0 Å². The van der Waals surface area contributed by atoms with Crippen molar-refractivity contribution in [2.24, 2.45) is 4.99 Å². The third-order valence-corrected chi connectivity index (χ3v) is 4.96. The lowest BCUT2D eigenvalue weighted by atomic mass is 10.1. The normalized spacial score (nSPS) is 12.2. The van der Waals surface area contributed by atoms with Gasteiger partial charge in [-0.25, -0.2) is 4.98 Å². The summed E-state index contributed by atoms with van der Waals surface area (Å²) in [7, 11) is 0. The molecule has 0 saturated heterocycles. The SMILES string of the molecule is Cc1noc2nc(-c3cccs3)cc(C(=O)n3ccccc3=NC(C)C)c12. The highest BCUT2D eigenvalue weighted by atomic mass is 32.1. The van der Waals surface area contributed by atoms with Gasteiger partial charge in [0, 0.05) is 12.2 Å². The van der Waals surface area contributed by atoms with E-state index in [2.05, 4.69) is 15.1 Å². The molecule has 7 heteroatoms. The smallest absolute Gasteiger partial charge is 0.264 e. The second kappa shape index (κ2) is 6.92. The summed E-state index contributed by atoms with van der Waals surface area (Å²) in [5.74, 6) is -0.188. The summed E-state index contributed by atoms with van der Waals surface area (Å²) in [4.78, 5) is 23.5. The average molecular weight is 378 g/mol. The number of pyridine rings is 2. The maximum absolute atomic E-state index is 13.4. The van der Waals surface area contributed by atoms with Gasteiger partial charge in [0.15, 0.2) is 0 Å². The molecule has 4 aromatic rings. The number of aromatic nitrogens is 3.